The highest BCUT2D eigenvalue weighted by molar-refractivity contribution is 6.37. The number of piperidine rings is 1. The topological polar surface area (TPSA) is 120 Å². The molecule has 5 rings (SSSR count). The number of hydrogen-bond donors (Lipinski definition) is 4. The Hall–Kier alpha value is -4.47. The maximum atomic E-state index is 13.2. The molecule has 0 radical (unpaired) electrons. The van der Waals surface area contributed by atoms with Crippen LogP contribution in [0.5, 0.6) is 0 Å². The molecule has 2 heterocycles. The zero-order valence-corrected chi connectivity index (χ0v) is 22.3. The third-order valence-corrected chi connectivity index (χ3v) is 7.19. The second-order valence-corrected chi connectivity index (χ2v) is 9.97. The predicted octanol–water partition coefficient (Wildman–Crippen LogP) is 4.77. The van der Waals surface area contributed by atoms with E-state index in [0.717, 1.165) is 25.2 Å². The number of fused-ring (bicyclic) bond motifs is 1. The van der Waals surface area contributed by atoms with Crippen molar-refractivity contribution in [2.24, 2.45) is 0 Å². The fraction of sp³-hybridized carbons (Fsp3) is 0.258. The van der Waals surface area contributed by atoms with Crippen LogP contribution < -0.4 is 16.1 Å². The molecule has 2 amide bonds. The van der Waals surface area contributed by atoms with Crippen molar-refractivity contribution >= 4 is 40.4 Å². The van der Waals surface area contributed by atoms with Gasteiger partial charge in [-0.2, -0.15) is 0 Å². The van der Waals surface area contributed by atoms with Crippen LogP contribution >= 0.6 is 0 Å². The smallest absolute Gasteiger partial charge is 0.336 e. The first kappa shape index (κ1) is 27.1. The highest BCUT2D eigenvalue weighted by Crippen LogP contribution is 2.39. The fourth-order valence-corrected chi connectivity index (χ4v) is 5.07. The van der Waals surface area contributed by atoms with Crippen molar-refractivity contribution in [1.82, 2.24) is 10.4 Å². The lowest BCUT2D eigenvalue weighted by Crippen LogP contribution is -2.35. The number of nitrogens with zero attached hydrogens (tertiary/aromatic N) is 1. The minimum atomic E-state index is -1.05. The number of hydroxylamine groups is 1. The molecule has 1 saturated heterocycles. The van der Waals surface area contributed by atoms with Crippen LogP contribution in [0.1, 0.15) is 56.7 Å². The van der Waals surface area contributed by atoms with Crippen molar-refractivity contribution in [2.45, 2.75) is 26.2 Å². The van der Waals surface area contributed by atoms with E-state index in [0.29, 0.717) is 45.9 Å². The van der Waals surface area contributed by atoms with Gasteiger partial charge < -0.3 is 20.6 Å². The van der Waals surface area contributed by atoms with Gasteiger partial charge in [-0.15, -0.1) is 0 Å². The fourth-order valence-electron chi connectivity index (χ4n) is 5.07. The number of carboxylic acids is 1. The standard InChI is InChI=1S/C31H32N4O5/c1-20-18-25-26(19-24(20)31(38)39)33-30(37)27(25)28(21-8-4-2-5-9-21)32-23-12-10-22(11-13-23)29(36)34-40-17-16-35-14-6-3-7-15-35/h2,4-5,8-13,18-19,32H,3,6-7,14-17H2,1H3,(H,33,37)(H,34,36)(H,38,39)/b28-27-. The summed E-state index contributed by atoms with van der Waals surface area (Å²) in [5, 5.41) is 15.7. The highest BCUT2D eigenvalue weighted by Gasteiger charge is 2.30. The monoisotopic (exact) mass is 540 g/mol. The Bertz CT molecular complexity index is 1440. The number of anilines is 2. The molecule has 0 atom stereocenters. The zero-order valence-electron chi connectivity index (χ0n) is 22.3. The van der Waals surface area contributed by atoms with Gasteiger partial charge in [-0.05, 0) is 80.4 Å². The first-order valence-electron chi connectivity index (χ1n) is 13.4. The number of benzene rings is 3. The largest absolute Gasteiger partial charge is 0.478 e. The second-order valence-electron chi connectivity index (χ2n) is 9.97. The summed E-state index contributed by atoms with van der Waals surface area (Å²) in [5.41, 5.74) is 7.15. The Morgan fingerprint density at radius 2 is 1.70 bits per heavy atom. The number of amides is 2. The minimum absolute atomic E-state index is 0.138. The molecule has 0 bridgehead atoms. The van der Waals surface area contributed by atoms with E-state index in [-0.39, 0.29) is 17.4 Å². The summed E-state index contributed by atoms with van der Waals surface area (Å²) in [6, 6.07) is 19.5. The quantitative estimate of drug-likeness (QED) is 0.175. The molecule has 0 aromatic heterocycles. The van der Waals surface area contributed by atoms with Crippen LogP contribution in [-0.2, 0) is 9.63 Å². The molecule has 4 N–H and O–H groups in total. The second kappa shape index (κ2) is 12.1. The van der Waals surface area contributed by atoms with Gasteiger partial charge in [0.1, 0.15) is 0 Å². The maximum Gasteiger partial charge on any atom is 0.336 e. The number of aromatic carboxylic acids is 1. The molecule has 40 heavy (non-hydrogen) atoms. The van der Waals surface area contributed by atoms with Gasteiger partial charge in [-0.3, -0.25) is 14.4 Å². The van der Waals surface area contributed by atoms with Gasteiger partial charge in [0.05, 0.1) is 29.1 Å². The average Bonchev–Trinajstić information content (AvgIpc) is 3.28. The molecule has 1 fully saturated rings. The Kier molecular flexibility index (Phi) is 8.23. The van der Waals surface area contributed by atoms with Gasteiger partial charge in [0.2, 0.25) is 0 Å². The number of nitrogens with one attached hydrogen (secondary N) is 3. The lowest BCUT2D eigenvalue weighted by Gasteiger charge is -2.25. The summed E-state index contributed by atoms with van der Waals surface area (Å²) in [6.07, 6.45) is 3.69. The van der Waals surface area contributed by atoms with Crippen molar-refractivity contribution in [1.29, 1.82) is 0 Å². The predicted molar refractivity (Wildman–Crippen MR) is 154 cm³/mol. The molecule has 0 spiro atoms. The van der Waals surface area contributed by atoms with Crippen molar-refractivity contribution < 1.29 is 24.3 Å². The average molecular weight is 541 g/mol. The molecule has 9 heteroatoms. The normalized spacial score (nSPS) is 16.2. The van der Waals surface area contributed by atoms with Crippen molar-refractivity contribution in [2.75, 3.05) is 36.9 Å². The molecule has 9 nitrogen and oxygen atoms in total. The van der Waals surface area contributed by atoms with Crippen LogP contribution in [0.2, 0.25) is 0 Å². The molecule has 0 unspecified atom stereocenters. The first-order valence-corrected chi connectivity index (χ1v) is 13.4. The molecule has 0 saturated carbocycles. The Labute approximate surface area is 232 Å². The zero-order chi connectivity index (χ0) is 28.1. The summed E-state index contributed by atoms with van der Waals surface area (Å²) < 4.78 is 0. The molecular weight excluding hydrogens is 508 g/mol. The van der Waals surface area contributed by atoms with Crippen molar-refractivity contribution in [3.05, 3.63) is 94.5 Å². The first-order chi connectivity index (χ1) is 19.4. The lowest BCUT2D eigenvalue weighted by molar-refractivity contribution is -0.110. The number of carbonyl (C=O) groups excluding carboxylic acids is 2. The summed E-state index contributed by atoms with van der Waals surface area (Å²) in [7, 11) is 0. The molecule has 2 aliphatic rings. The van der Waals surface area contributed by atoms with Crippen LogP contribution in [0.15, 0.2) is 66.7 Å². The highest BCUT2D eigenvalue weighted by atomic mass is 16.7. The van der Waals surface area contributed by atoms with Gasteiger partial charge in [-0.1, -0.05) is 36.8 Å². The number of rotatable bonds is 9. The Morgan fingerprint density at radius 1 is 0.975 bits per heavy atom. The van der Waals surface area contributed by atoms with Crippen LogP contribution in [0.25, 0.3) is 11.3 Å². The van der Waals surface area contributed by atoms with Gasteiger partial charge in [0, 0.05) is 23.4 Å². The van der Waals surface area contributed by atoms with E-state index in [9.17, 15) is 19.5 Å². The van der Waals surface area contributed by atoms with E-state index in [1.807, 2.05) is 30.3 Å². The van der Waals surface area contributed by atoms with Gasteiger partial charge >= 0.3 is 5.97 Å². The third kappa shape index (κ3) is 6.06. The van der Waals surface area contributed by atoms with Crippen LogP contribution in [0.4, 0.5) is 11.4 Å². The van der Waals surface area contributed by atoms with E-state index < -0.39 is 5.97 Å². The van der Waals surface area contributed by atoms with Gasteiger partial charge in [0.25, 0.3) is 11.8 Å². The van der Waals surface area contributed by atoms with E-state index >= 15 is 0 Å². The van der Waals surface area contributed by atoms with Crippen LogP contribution in [0, 0.1) is 6.92 Å². The number of carbonyl (C=O) groups is 3. The van der Waals surface area contributed by atoms with Crippen molar-refractivity contribution in [3.63, 3.8) is 0 Å². The number of hydrogen-bond acceptors (Lipinski definition) is 6. The minimum Gasteiger partial charge on any atom is -0.478 e. The van der Waals surface area contributed by atoms with Crippen LogP contribution in [0.3, 0.4) is 0 Å². The molecule has 2 aliphatic heterocycles. The number of likely N-dealkylation sites (tertiary alicyclic amines) is 1. The van der Waals surface area contributed by atoms with E-state index in [4.69, 9.17) is 4.84 Å². The van der Waals surface area contributed by atoms with Gasteiger partial charge in [-0.25, -0.2) is 10.3 Å². The SMILES string of the molecule is Cc1cc2c(cc1C(=O)O)NC(=O)/C2=C(\Nc1ccc(C(=O)NOCCN2CCCCC2)cc1)c1ccccc1. The van der Waals surface area contributed by atoms with Gasteiger partial charge in [0.15, 0.2) is 0 Å². The molecule has 3 aromatic rings. The summed E-state index contributed by atoms with van der Waals surface area (Å²) in [6.45, 7) is 5.07. The van der Waals surface area contributed by atoms with Crippen LogP contribution in [-0.4, -0.2) is 54.0 Å². The third-order valence-electron chi connectivity index (χ3n) is 7.19. The van der Waals surface area contributed by atoms with E-state index in [1.54, 1.807) is 37.3 Å². The van der Waals surface area contributed by atoms with Crippen molar-refractivity contribution in [3.8, 4) is 0 Å². The maximum absolute atomic E-state index is 13.2. The molecule has 3 aromatic carbocycles. The summed E-state index contributed by atoms with van der Waals surface area (Å²) in [4.78, 5) is 45.1. The Morgan fingerprint density at radius 3 is 2.40 bits per heavy atom. The van der Waals surface area contributed by atoms with E-state index in [1.165, 1.54) is 25.3 Å². The number of carboxylic acid groups (broad SMARTS) is 1. The summed E-state index contributed by atoms with van der Waals surface area (Å²) in [5.74, 6) is -1.72. The lowest BCUT2D eigenvalue weighted by atomic mass is 9.96. The van der Waals surface area contributed by atoms with E-state index in [2.05, 4.69) is 21.0 Å². The molecule has 0 aliphatic carbocycles. The molecule has 206 valence electrons. The molecular formula is C31H32N4O5. The number of aryl methyl sites for hydroxylation is 1. The Balaban J connectivity index is 1.34. The summed E-state index contributed by atoms with van der Waals surface area (Å²) >= 11 is 0.